The Labute approximate surface area is 94.6 Å². The van der Waals surface area contributed by atoms with Crippen molar-refractivity contribution in [3.05, 3.63) is 39.6 Å². The van der Waals surface area contributed by atoms with Crippen LogP contribution in [0.1, 0.15) is 29.2 Å². The molecule has 1 atom stereocenters. The summed E-state index contributed by atoms with van der Waals surface area (Å²) >= 11 is 3.24. The van der Waals surface area contributed by atoms with Crippen LogP contribution >= 0.6 is 15.9 Å². The van der Waals surface area contributed by atoms with Crippen molar-refractivity contribution >= 4 is 21.8 Å². The number of benzene rings is 1. The van der Waals surface area contributed by atoms with E-state index >= 15 is 0 Å². The van der Waals surface area contributed by atoms with Crippen molar-refractivity contribution < 1.29 is 13.9 Å². The molecule has 1 aromatic carbocycles. The van der Waals surface area contributed by atoms with E-state index in [-0.39, 0.29) is 11.1 Å². The molecule has 0 aliphatic heterocycles. The molecule has 1 aromatic rings. The highest BCUT2D eigenvalue weighted by Gasteiger charge is 2.28. The molecule has 0 aromatic heterocycles. The summed E-state index contributed by atoms with van der Waals surface area (Å²) in [5, 5.41) is 9.58. The average molecular weight is 275 g/mol. The van der Waals surface area contributed by atoms with Gasteiger partial charge in [-0.25, -0.2) is 8.78 Å². The van der Waals surface area contributed by atoms with Gasteiger partial charge in [0.1, 0.15) is 11.6 Å². The van der Waals surface area contributed by atoms with Gasteiger partial charge in [0.2, 0.25) is 0 Å². The van der Waals surface area contributed by atoms with Gasteiger partial charge >= 0.3 is 0 Å². The van der Waals surface area contributed by atoms with Crippen LogP contribution in [0.15, 0.2) is 17.1 Å². The first-order chi connectivity index (χ1) is 7.02. The summed E-state index contributed by atoms with van der Waals surface area (Å²) in [6.45, 7) is 3.07. The predicted molar refractivity (Wildman–Crippen MR) is 57.5 cm³/mol. The molecule has 0 fully saturated rings. The van der Waals surface area contributed by atoms with E-state index in [1.165, 1.54) is 6.07 Å². The first-order valence-electron chi connectivity index (χ1n) is 4.56. The summed E-state index contributed by atoms with van der Waals surface area (Å²) in [7, 11) is 0. The lowest BCUT2D eigenvalue weighted by atomic mass is 10.0. The molecule has 0 radical (unpaired) electrons. The molecule has 1 nitrogen and oxygen atoms in total. The van der Waals surface area contributed by atoms with E-state index in [9.17, 15) is 13.9 Å². The van der Waals surface area contributed by atoms with E-state index in [1.54, 1.807) is 0 Å². The van der Waals surface area contributed by atoms with Crippen LogP contribution in [-0.2, 0) is 6.42 Å². The largest absolute Gasteiger partial charge is 0.388 e. The molecule has 1 aliphatic rings. The van der Waals surface area contributed by atoms with Crippen LogP contribution in [0.2, 0.25) is 0 Å². The third-order valence-corrected chi connectivity index (χ3v) is 3.36. The summed E-state index contributed by atoms with van der Waals surface area (Å²) in [5.74, 6) is -1.51. The van der Waals surface area contributed by atoms with Gasteiger partial charge in [0.15, 0.2) is 0 Å². The highest BCUT2D eigenvalue weighted by atomic mass is 79.9. The van der Waals surface area contributed by atoms with Crippen molar-refractivity contribution in [2.24, 2.45) is 0 Å². The summed E-state index contributed by atoms with van der Waals surface area (Å²) in [5.41, 5.74) is 0.754. The average Bonchev–Trinajstić information content (AvgIpc) is 2.54. The van der Waals surface area contributed by atoms with Gasteiger partial charge in [0.25, 0.3) is 0 Å². The highest BCUT2D eigenvalue weighted by molar-refractivity contribution is 9.10. The molecule has 0 amide bonds. The minimum Gasteiger partial charge on any atom is -0.388 e. The maximum absolute atomic E-state index is 13.8. The molecule has 80 valence electrons. The fourth-order valence-electron chi connectivity index (χ4n) is 1.91. The Bertz CT molecular complexity index is 443. The molecule has 0 saturated heterocycles. The van der Waals surface area contributed by atoms with Gasteiger partial charge in [0.05, 0.1) is 6.10 Å². The van der Waals surface area contributed by atoms with Crippen molar-refractivity contribution in [3.8, 4) is 0 Å². The maximum atomic E-state index is 13.8. The number of halogens is 3. The van der Waals surface area contributed by atoms with Crippen molar-refractivity contribution in [3.63, 3.8) is 0 Å². The van der Waals surface area contributed by atoms with Crippen molar-refractivity contribution in [2.45, 2.75) is 18.9 Å². The molecule has 1 N–H and O–H groups in total. The number of fused-ring (bicyclic) bond motifs is 1. The smallest absolute Gasteiger partial charge is 0.139 e. The first kappa shape index (κ1) is 10.8. The molecule has 1 aliphatic carbocycles. The number of hydrogen-bond donors (Lipinski definition) is 1. The topological polar surface area (TPSA) is 20.2 Å². The molecule has 0 unspecified atom stereocenters. The molecule has 15 heavy (non-hydrogen) atoms. The van der Waals surface area contributed by atoms with Crippen molar-refractivity contribution in [2.75, 3.05) is 0 Å². The fourth-order valence-corrected chi connectivity index (χ4v) is 2.55. The number of rotatable bonds is 1. The second kappa shape index (κ2) is 3.68. The lowest BCUT2D eigenvalue weighted by Gasteiger charge is -2.10. The lowest BCUT2D eigenvalue weighted by Crippen LogP contribution is -1.99. The Morgan fingerprint density at radius 2 is 2.27 bits per heavy atom. The Kier molecular flexibility index (Phi) is 2.64. The van der Waals surface area contributed by atoms with E-state index < -0.39 is 17.7 Å². The van der Waals surface area contributed by atoms with E-state index in [2.05, 4.69) is 22.5 Å². The van der Waals surface area contributed by atoms with Crippen LogP contribution in [0, 0.1) is 5.82 Å². The second-order valence-corrected chi connectivity index (χ2v) is 4.43. The van der Waals surface area contributed by atoms with E-state index in [0.717, 1.165) is 5.56 Å². The van der Waals surface area contributed by atoms with E-state index in [0.29, 0.717) is 17.3 Å². The molecular weight excluding hydrogens is 266 g/mol. The van der Waals surface area contributed by atoms with Crippen molar-refractivity contribution in [1.82, 2.24) is 0 Å². The van der Waals surface area contributed by atoms with E-state index in [4.69, 9.17) is 0 Å². The van der Waals surface area contributed by atoms with Gasteiger partial charge in [-0.15, -0.1) is 0 Å². The van der Waals surface area contributed by atoms with Gasteiger partial charge in [0, 0.05) is 15.6 Å². The molecule has 2 rings (SSSR count). The first-order valence-corrected chi connectivity index (χ1v) is 5.35. The van der Waals surface area contributed by atoms with Gasteiger partial charge in [-0.1, -0.05) is 22.5 Å². The van der Waals surface area contributed by atoms with Crippen LogP contribution in [0.25, 0.3) is 5.83 Å². The third-order valence-electron chi connectivity index (χ3n) is 2.65. The second-order valence-electron chi connectivity index (χ2n) is 3.57. The van der Waals surface area contributed by atoms with Gasteiger partial charge in [-0.2, -0.15) is 0 Å². The Morgan fingerprint density at radius 1 is 1.60 bits per heavy atom. The molecule has 4 heteroatoms. The Morgan fingerprint density at radius 3 is 2.87 bits per heavy atom. The zero-order valence-corrected chi connectivity index (χ0v) is 9.44. The molecule has 0 saturated carbocycles. The lowest BCUT2D eigenvalue weighted by molar-refractivity contribution is 0.175. The van der Waals surface area contributed by atoms with Gasteiger partial charge in [-0.05, 0) is 24.5 Å². The number of hydrogen-bond acceptors (Lipinski definition) is 1. The normalized spacial score (nSPS) is 19.1. The minimum absolute atomic E-state index is 0.179. The van der Waals surface area contributed by atoms with Crippen LogP contribution in [-0.4, -0.2) is 5.11 Å². The monoisotopic (exact) mass is 274 g/mol. The van der Waals surface area contributed by atoms with E-state index in [1.807, 2.05) is 0 Å². The summed E-state index contributed by atoms with van der Waals surface area (Å²) in [6.07, 6.45) is 0.246. The van der Waals surface area contributed by atoms with Gasteiger partial charge in [-0.3, -0.25) is 0 Å². The number of aliphatic hydroxyl groups is 1. The van der Waals surface area contributed by atoms with Crippen LogP contribution in [0.3, 0.4) is 0 Å². The van der Waals surface area contributed by atoms with Crippen molar-refractivity contribution in [1.29, 1.82) is 0 Å². The zero-order chi connectivity index (χ0) is 11.2. The number of aliphatic hydroxyl groups excluding tert-OH is 1. The molecular formula is C11H9BrF2O. The fraction of sp³-hybridized carbons (Fsp3) is 0.273. The summed E-state index contributed by atoms with van der Waals surface area (Å²) < 4.78 is 27.3. The maximum Gasteiger partial charge on any atom is 0.139 e. The Hall–Kier alpha value is -0.740. The minimum atomic E-state index is -0.837. The molecule has 0 heterocycles. The summed E-state index contributed by atoms with van der Waals surface area (Å²) in [4.78, 5) is 0. The predicted octanol–water partition coefficient (Wildman–Crippen LogP) is 3.51. The highest BCUT2D eigenvalue weighted by Crippen LogP contribution is 2.40. The molecule has 0 spiro atoms. The van der Waals surface area contributed by atoms with Crippen LogP contribution in [0.4, 0.5) is 8.78 Å². The quantitative estimate of drug-likeness (QED) is 0.831. The van der Waals surface area contributed by atoms with Crippen LogP contribution in [0.5, 0.6) is 0 Å². The van der Waals surface area contributed by atoms with Crippen LogP contribution < -0.4 is 0 Å². The Balaban J connectivity index is 2.71. The standard InChI is InChI=1S/C11H9BrF2O/c1-5(13)7-4-8(12)6-2-3-9(15)10(6)11(7)14/h4,9,15H,1-3H2/t9-/m0/s1. The SMILES string of the molecule is C=C(F)c1cc(Br)c2c(c1F)[C@@H](O)CC2. The summed E-state index contributed by atoms with van der Waals surface area (Å²) in [6, 6.07) is 1.37. The van der Waals surface area contributed by atoms with Gasteiger partial charge < -0.3 is 5.11 Å². The third kappa shape index (κ3) is 1.62. The zero-order valence-electron chi connectivity index (χ0n) is 7.86. The molecule has 0 bridgehead atoms.